The van der Waals surface area contributed by atoms with Crippen molar-refractivity contribution in [3.8, 4) is 0 Å². The molecule has 6 heteroatoms. The van der Waals surface area contributed by atoms with Crippen LogP contribution in [0.15, 0.2) is 54.6 Å². The van der Waals surface area contributed by atoms with Gasteiger partial charge in [-0.2, -0.15) is 0 Å². The van der Waals surface area contributed by atoms with Gasteiger partial charge >= 0.3 is 0 Å². The number of hydrazine groups is 1. The maximum Gasteiger partial charge on any atom is 0.226 e. The van der Waals surface area contributed by atoms with Crippen LogP contribution in [-0.4, -0.2) is 37.0 Å². The SMILES string of the molecule is O=C(NCCC1CCN(Cc2ccccc2)C1)C1CNNC1c1cccc(F)c1. The van der Waals surface area contributed by atoms with Crippen molar-refractivity contribution in [3.63, 3.8) is 0 Å². The second kappa shape index (κ2) is 9.48. The molecule has 1 amide bonds. The van der Waals surface area contributed by atoms with Crippen LogP contribution in [0.3, 0.4) is 0 Å². The first kappa shape index (κ1) is 20.0. The van der Waals surface area contributed by atoms with Crippen molar-refractivity contribution in [1.82, 2.24) is 21.1 Å². The Morgan fingerprint density at radius 2 is 2.03 bits per heavy atom. The van der Waals surface area contributed by atoms with Gasteiger partial charge in [0.15, 0.2) is 0 Å². The van der Waals surface area contributed by atoms with Crippen LogP contribution in [0.2, 0.25) is 0 Å². The lowest BCUT2D eigenvalue weighted by Gasteiger charge is -2.19. The van der Waals surface area contributed by atoms with E-state index in [0.717, 1.165) is 31.6 Å². The second-order valence-corrected chi connectivity index (χ2v) is 8.12. The number of hydrogen-bond donors (Lipinski definition) is 3. The van der Waals surface area contributed by atoms with Crippen LogP contribution in [0.5, 0.6) is 0 Å². The molecular weight excluding hydrogens is 367 g/mol. The molecule has 0 saturated carbocycles. The quantitative estimate of drug-likeness (QED) is 0.674. The van der Waals surface area contributed by atoms with Gasteiger partial charge in [-0.25, -0.2) is 9.82 Å². The van der Waals surface area contributed by atoms with Crippen molar-refractivity contribution < 1.29 is 9.18 Å². The van der Waals surface area contributed by atoms with Crippen LogP contribution in [0.1, 0.15) is 30.0 Å². The molecule has 3 atom stereocenters. The number of halogens is 1. The van der Waals surface area contributed by atoms with Gasteiger partial charge in [0.05, 0.1) is 12.0 Å². The molecule has 0 spiro atoms. The summed E-state index contributed by atoms with van der Waals surface area (Å²) in [5, 5.41) is 3.10. The largest absolute Gasteiger partial charge is 0.356 e. The zero-order valence-electron chi connectivity index (χ0n) is 16.6. The highest BCUT2D eigenvalue weighted by Crippen LogP contribution is 2.26. The van der Waals surface area contributed by atoms with Crippen LogP contribution in [-0.2, 0) is 11.3 Å². The summed E-state index contributed by atoms with van der Waals surface area (Å²) in [6, 6.07) is 16.8. The standard InChI is InChI=1S/C23H29FN4O/c24-20-8-4-7-19(13-20)22-21(14-26-27-22)23(29)25-11-9-18-10-12-28(16-18)15-17-5-2-1-3-6-17/h1-8,13,18,21-22,26-27H,9-12,14-16H2,(H,25,29). The Kier molecular flexibility index (Phi) is 6.54. The number of carbonyl (C=O) groups excluding carboxylic acids is 1. The predicted molar refractivity (Wildman–Crippen MR) is 111 cm³/mol. The van der Waals surface area contributed by atoms with Gasteiger partial charge in [-0.05, 0) is 48.6 Å². The molecule has 3 N–H and O–H groups in total. The summed E-state index contributed by atoms with van der Waals surface area (Å²) >= 11 is 0. The summed E-state index contributed by atoms with van der Waals surface area (Å²) in [6.07, 6.45) is 2.18. The fraction of sp³-hybridized carbons (Fsp3) is 0.435. The smallest absolute Gasteiger partial charge is 0.226 e. The van der Waals surface area contributed by atoms with E-state index < -0.39 is 0 Å². The normalized spacial score (nSPS) is 24.7. The van der Waals surface area contributed by atoms with E-state index in [9.17, 15) is 9.18 Å². The molecule has 29 heavy (non-hydrogen) atoms. The second-order valence-electron chi connectivity index (χ2n) is 8.12. The van der Waals surface area contributed by atoms with Crippen molar-refractivity contribution in [2.45, 2.75) is 25.4 Å². The van der Waals surface area contributed by atoms with Crippen LogP contribution >= 0.6 is 0 Å². The minimum atomic E-state index is -0.281. The van der Waals surface area contributed by atoms with Crippen LogP contribution in [0.4, 0.5) is 4.39 Å². The number of benzene rings is 2. The third-order valence-electron chi connectivity index (χ3n) is 6.00. The topological polar surface area (TPSA) is 56.4 Å². The van der Waals surface area contributed by atoms with Gasteiger partial charge in [-0.3, -0.25) is 15.1 Å². The summed E-state index contributed by atoms with van der Waals surface area (Å²) in [5.74, 6) is 0.125. The third kappa shape index (κ3) is 5.21. The van der Waals surface area contributed by atoms with E-state index in [0.29, 0.717) is 19.0 Å². The minimum Gasteiger partial charge on any atom is -0.356 e. The van der Waals surface area contributed by atoms with E-state index in [4.69, 9.17) is 0 Å². The molecule has 2 aromatic carbocycles. The van der Waals surface area contributed by atoms with Crippen molar-refractivity contribution in [2.75, 3.05) is 26.2 Å². The average Bonchev–Trinajstić information content (AvgIpc) is 3.38. The molecule has 2 aromatic rings. The van der Waals surface area contributed by atoms with Crippen LogP contribution in [0, 0.1) is 17.7 Å². The van der Waals surface area contributed by atoms with Gasteiger partial charge in [-0.15, -0.1) is 0 Å². The van der Waals surface area contributed by atoms with E-state index in [-0.39, 0.29) is 23.7 Å². The first-order chi connectivity index (χ1) is 14.2. The summed E-state index contributed by atoms with van der Waals surface area (Å²) in [4.78, 5) is 15.2. The molecule has 0 aromatic heterocycles. The zero-order valence-corrected chi connectivity index (χ0v) is 16.6. The molecule has 3 unspecified atom stereocenters. The highest BCUT2D eigenvalue weighted by molar-refractivity contribution is 5.80. The number of carbonyl (C=O) groups is 1. The van der Waals surface area contributed by atoms with Gasteiger partial charge in [-0.1, -0.05) is 42.5 Å². The summed E-state index contributed by atoms with van der Waals surface area (Å²) in [6.45, 7) is 4.43. The van der Waals surface area contributed by atoms with Crippen LogP contribution < -0.4 is 16.2 Å². The fourth-order valence-electron chi connectivity index (χ4n) is 4.42. The molecule has 5 nitrogen and oxygen atoms in total. The maximum atomic E-state index is 13.5. The van der Waals surface area contributed by atoms with Crippen molar-refractivity contribution in [1.29, 1.82) is 0 Å². The molecule has 4 rings (SSSR count). The Morgan fingerprint density at radius 1 is 1.17 bits per heavy atom. The van der Waals surface area contributed by atoms with Crippen molar-refractivity contribution in [2.24, 2.45) is 11.8 Å². The Bertz CT molecular complexity index is 816. The Hall–Kier alpha value is -2.28. The number of nitrogens with zero attached hydrogens (tertiary/aromatic N) is 1. The van der Waals surface area contributed by atoms with Gasteiger partial charge in [0, 0.05) is 26.2 Å². The minimum absolute atomic E-state index is 0.0240. The monoisotopic (exact) mass is 396 g/mol. The summed E-state index contributed by atoms with van der Waals surface area (Å²) in [5.41, 5.74) is 8.30. The number of rotatable bonds is 7. The van der Waals surface area contributed by atoms with E-state index in [2.05, 4.69) is 45.3 Å². The predicted octanol–water partition coefficient (Wildman–Crippen LogP) is 2.62. The van der Waals surface area contributed by atoms with E-state index in [1.807, 2.05) is 12.1 Å². The summed E-state index contributed by atoms with van der Waals surface area (Å²) < 4.78 is 13.5. The lowest BCUT2D eigenvalue weighted by atomic mass is 9.94. The molecule has 0 radical (unpaired) electrons. The van der Waals surface area contributed by atoms with Crippen LogP contribution in [0.25, 0.3) is 0 Å². The highest BCUT2D eigenvalue weighted by atomic mass is 19.1. The van der Waals surface area contributed by atoms with Crippen molar-refractivity contribution in [3.05, 3.63) is 71.5 Å². The molecule has 0 bridgehead atoms. The Balaban J connectivity index is 1.22. The lowest BCUT2D eigenvalue weighted by molar-refractivity contribution is -0.124. The summed E-state index contributed by atoms with van der Waals surface area (Å²) in [7, 11) is 0. The first-order valence-electron chi connectivity index (χ1n) is 10.5. The van der Waals surface area contributed by atoms with Gasteiger partial charge < -0.3 is 5.32 Å². The lowest BCUT2D eigenvalue weighted by Crippen LogP contribution is -2.36. The molecular formula is C23H29FN4O. The number of likely N-dealkylation sites (tertiary alicyclic amines) is 1. The molecule has 2 fully saturated rings. The Morgan fingerprint density at radius 3 is 2.86 bits per heavy atom. The number of amides is 1. The maximum absolute atomic E-state index is 13.5. The molecule has 0 aliphatic carbocycles. The van der Waals surface area contributed by atoms with Gasteiger partial charge in [0.2, 0.25) is 5.91 Å². The van der Waals surface area contributed by atoms with E-state index in [1.54, 1.807) is 6.07 Å². The van der Waals surface area contributed by atoms with E-state index >= 15 is 0 Å². The molecule has 2 saturated heterocycles. The number of hydrogen-bond acceptors (Lipinski definition) is 4. The van der Waals surface area contributed by atoms with Crippen molar-refractivity contribution >= 4 is 5.91 Å². The first-order valence-corrected chi connectivity index (χ1v) is 10.5. The average molecular weight is 397 g/mol. The Labute approximate surface area is 171 Å². The molecule has 2 aliphatic rings. The number of nitrogens with one attached hydrogen (secondary N) is 3. The van der Waals surface area contributed by atoms with Gasteiger partial charge in [0.1, 0.15) is 5.82 Å². The van der Waals surface area contributed by atoms with E-state index in [1.165, 1.54) is 24.1 Å². The highest BCUT2D eigenvalue weighted by Gasteiger charge is 2.34. The fourth-order valence-corrected chi connectivity index (χ4v) is 4.42. The molecule has 2 heterocycles. The zero-order chi connectivity index (χ0) is 20.1. The molecule has 2 aliphatic heterocycles. The van der Waals surface area contributed by atoms with Gasteiger partial charge in [0.25, 0.3) is 0 Å². The third-order valence-corrected chi connectivity index (χ3v) is 6.00. The molecule has 154 valence electrons.